The number of thiophene rings is 1. The molecule has 0 aromatic carbocycles. The topological polar surface area (TPSA) is 21.3 Å². The van der Waals surface area contributed by atoms with E-state index in [4.69, 9.17) is 4.74 Å². The lowest BCUT2D eigenvalue weighted by atomic mass is 10.3. The fourth-order valence-electron chi connectivity index (χ4n) is 1.20. The second kappa shape index (κ2) is 8.65. The second-order valence-corrected chi connectivity index (χ2v) is 4.33. The average Bonchev–Trinajstić information content (AvgIpc) is 2.75. The van der Waals surface area contributed by atoms with Crippen LogP contribution in [-0.4, -0.2) is 19.8 Å². The molecule has 0 aliphatic heterocycles. The molecule has 1 heterocycles. The van der Waals surface area contributed by atoms with Crippen LogP contribution in [0.5, 0.6) is 0 Å². The summed E-state index contributed by atoms with van der Waals surface area (Å²) < 4.78 is 5.45. The second-order valence-electron chi connectivity index (χ2n) is 3.30. The molecule has 0 spiro atoms. The lowest BCUT2D eigenvalue weighted by Gasteiger charge is -2.04. The summed E-state index contributed by atoms with van der Waals surface area (Å²) in [6.07, 6.45) is 4.05. The number of hydrogen-bond donors (Lipinski definition) is 1. The highest BCUT2D eigenvalue weighted by Crippen LogP contribution is 2.06. The van der Waals surface area contributed by atoms with Gasteiger partial charge in [0.2, 0.25) is 0 Å². The molecule has 15 heavy (non-hydrogen) atoms. The third-order valence-electron chi connectivity index (χ3n) is 2.00. The van der Waals surface area contributed by atoms with Crippen LogP contribution in [0.15, 0.2) is 30.2 Å². The van der Waals surface area contributed by atoms with Crippen LogP contribution in [-0.2, 0) is 11.3 Å². The Hall–Kier alpha value is -0.640. The molecule has 0 saturated carbocycles. The highest BCUT2D eigenvalue weighted by molar-refractivity contribution is 7.09. The van der Waals surface area contributed by atoms with Crippen LogP contribution >= 0.6 is 11.3 Å². The van der Waals surface area contributed by atoms with Crippen LogP contribution < -0.4 is 5.32 Å². The van der Waals surface area contributed by atoms with Gasteiger partial charge >= 0.3 is 0 Å². The normalized spacial score (nSPS) is 10.4. The SMILES string of the molecule is C=CCCCOCCNCc1cccs1. The molecule has 0 atom stereocenters. The van der Waals surface area contributed by atoms with E-state index in [-0.39, 0.29) is 0 Å². The van der Waals surface area contributed by atoms with E-state index in [1.807, 2.05) is 6.08 Å². The number of hydrogen-bond acceptors (Lipinski definition) is 3. The molecule has 3 heteroatoms. The van der Waals surface area contributed by atoms with Crippen molar-refractivity contribution in [1.82, 2.24) is 5.32 Å². The van der Waals surface area contributed by atoms with Crippen LogP contribution in [0.25, 0.3) is 0 Å². The number of unbranched alkanes of at least 4 members (excludes halogenated alkanes) is 1. The molecule has 0 amide bonds. The van der Waals surface area contributed by atoms with Gasteiger partial charge in [-0.3, -0.25) is 0 Å². The molecule has 0 radical (unpaired) electrons. The molecule has 1 N–H and O–H groups in total. The maximum Gasteiger partial charge on any atom is 0.0591 e. The summed E-state index contributed by atoms with van der Waals surface area (Å²) >= 11 is 1.78. The number of nitrogens with one attached hydrogen (secondary N) is 1. The van der Waals surface area contributed by atoms with Gasteiger partial charge in [0.1, 0.15) is 0 Å². The quantitative estimate of drug-likeness (QED) is 0.515. The number of rotatable bonds is 9. The number of ether oxygens (including phenoxy) is 1. The summed E-state index contributed by atoms with van der Waals surface area (Å²) in [7, 11) is 0. The first-order valence-electron chi connectivity index (χ1n) is 5.35. The highest BCUT2D eigenvalue weighted by atomic mass is 32.1. The molecule has 0 aliphatic carbocycles. The molecule has 0 saturated heterocycles. The zero-order valence-electron chi connectivity index (χ0n) is 9.08. The van der Waals surface area contributed by atoms with Crippen molar-refractivity contribution in [2.75, 3.05) is 19.8 Å². The van der Waals surface area contributed by atoms with Crippen molar-refractivity contribution in [1.29, 1.82) is 0 Å². The Morgan fingerprint density at radius 3 is 3.13 bits per heavy atom. The van der Waals surface area contributed by atoms with Crippen LogP contribution in [0.3, 0.4) is 0 Å². The van der Waals surface area contributed by atoms with Gasteiger partial charge in [0.25, 0.3) is 0 Å². The molecular formula is C12H19NOS. The summed E-state index contributed by atoms with van der Waals surface area (Å²) in [5.74, 6) is 0. The van der Waals surface area contributed by atoms with Gasteiger partial charge in [-0.25, -0.2) is 0 Å². The minimum absolute atomic E-state index is 0.794. The first kappa shape index (κ1) is 12.4. The van der Waals surface area contributed by atoms with E-state index in [1.54, 1.807) is 11.3 Å². The summed E-state index contributed by atoms with van der Waals surface area (Å²) in [5.41, 5.74) is 0. The lowest BCUT2D eigenvalue weighted by Crippen LogP contribution is -2.18. The zero-order chi connectivity index (χ0) is 10.8. The maximum atomic E-state index is 5.45. The molecule has 1 aromatic rings. The molecule has 0 bridgehead atoms. The van der Waals surface area contributed by atoms with Crippen molar-refractivity contribution in [2.45, 2.75) is 19.4 Å². The summed E-state index contributed by atoms with van der Waals surface area (Å²) in [6.45, 7) is 7.18. The Morgan fingerprint density at radius 2 is 2.40 bits per heavy atom. The maximum absolute atomic E-state index is 5.45. The van der Waals surface area contributed by atoms with Gasteiger partial charge in [-0.1, -0.05) is 12.1 Å². The Kier molecular flexibility index (Phi) is 7.17. The first-order valence-corrected chi connectivity index (χ1v) is 6.23. The van der Waals surface area contributed by atoms with Crippen LogP contribution in [0.4, 0.5) is 0 Å². The average molecular weight is 225 g/mol. The van der Waals surface area contributed by atoms with E-state index >= 15 is 0 Å². The van der Waals surface area contributed by atoms with Gasteiger partial charge < -0.3 is 10.1 Å². The first-order chi connectivity index (χ1) is 7.43. The molecular weight excluding hydrogens is 206 g/mol. The van der Waals surface area contributed by atoms with Crippen LogP contribution in [0.2, 0.25) is 0 Å². The van der Waals surface area contributed by atoms with E-state index in [9.17, 15) is 0 Å². The Bertz CT molecular complexity index is 246. The van der Waals surface area contributed by atoms with Crippen molar-refractivity contribution in [3.8, 4) is 0 Å². The van der Waals surface area contributed by atoms with Gasteiger partial charge in [0.05, 0.1) is 6.61 Å². The van der Waals surface area contributed by atoms with Crippen LogP contribution in [0, 0.1) is 0 Å². The minimum Gasteiger partial charge on any atom is -0.380 e. The van der Waals surface area contributed by atoms with Gasteiger partial charge in [0, 0.05) is 24.6 Å². The molecule has 1 rings (SSSR count). The van der Waals surface area contributed by atoms with Crippen molar-refractivity contribution in [3.05, 3.63) is 35.0 Å². The molecule has 0 aliphatic rings. The predicted octanol–water partition coefficient (Wildman–Crippen LogP) is 2.82. The third kappa shape index (κ3) is 6.44. The van der Waals surface area contributed by atoms with E-state index in [0.29, 0.717) is 0 Å². The lowest BCUT2D eigenvalue weighted by molar-refractivity contribution is 0.134. The van der Waals surface area contributed by atoms with Crippen molar-refractivity contribution >= 4 is 11.3 Å². The van der Waals surface area contributed by atoms with Gasteiger partial charge in [-0.2, -0.15) is 0 Å². The standard InChI is InChI=1S/C12H19NOS/c1-2-3-4-8-14-9-7-13-11-12-6-5-10-15-12/h2,5-6,10,13H,1,3-4,7-9,11H2. The molecule has 0 fully saturated rings. The third-order valence-corrected chi connectivity index (χ3v) is 2.88. The molecule has 1 aromatic heterocycles. The van der Waals surface area contributed by atoms with E-state index in [0.717, 1.165) is 39.1 Å². The van der Waals surface area contributed by atoms with E-state index in [2.05, 4.69) is 29.4 Å². The molecule has 0 unspecified atom stereocenters. The fraction of sp³-hybridized carbons (Fsp3) is 0.500. The Morgan fingerprint density at radius 1 is 1.47 bits per heavy atom. The summed E-state index contributed by atoms with van der Waals surface area (Å²) in [4.78, 5) is 1.38. The molecule has 84 valence electrons. The summed E-state index contributed by atoms with van der Waals surface area (Å²) in [5, 5.41) is 5.44. The van der Waals surface area contributed by atoms with Gasteiger partial charge in [-0.15, -0.1) is 17.9 Å². The summed E-state index contributed by atoms with van der Waals surface area (Å²) in [6, 6.07) is 4.22. The van der Waals surface area contributed by atoms with Crippen molar-refractivity contribution in [3.63, 3.8) is 0 Å². The Balaban J connectivity index is 1.83. The van der Waals surface area contributed by atoms with Crippen molar-refractivity contribution in [2.24, 2.45) is 0 Å². The monoisotopic (exact) mass is 225 g/mol. The van der Waals surface area contributed by atoms with Gasteiger partial charge in [0.15, 0.2) is 0 Å². The van der Waals surface area contributed by atoms with Crippen LogP contribution in [0.1, 0.15) is 17.7 Å². The van der Waals surface area contributed by atoms with Gasteiger partial charge in [-0.05, 0) is 24.3 Å². The van der Waals surface area contributed by atoms with Crippen molar-refractivity contribution < 1.29 is 4.74 Å². The Labute approximate surface area is 96.0 Å². The highest BCUT2D eigenvalue weighted by Gasteiger charge is 1.92. The molecule has 2 nitrogen and oxygen atoms in total. The van der Waals surface area contributed by atoms with E-state index in [1.165, 1.54) is 4.88 Å². The predicted molar refractivity (Wildman–Crippen MR) is 66.3 cm³/mol. The minimum atomic E-state index is 0.794. The zero-order valence-corrected chi connectivity index (χ0v) is 9.89. The number of allylic oxidation sites excluding steroid dienone is 1. The largest absolute Gasteiger partial charge is 0.380 e. The fourth-order valence-corrected chi connectivity index (χ4v) is 1.88. The smallest absolute Gasteiger partial charge is 0.0591 e. The van der Waals surface area contributed by atoms with E-state index < -0.39 is 0 Å².